The standard InChI is InChI=1S/C27H32O4/c1-17(31-20-7-5-4-6-8-20)27(30)14-12-22-21-10-9-18-15-19(28)11-13-25(18,2)24(21)23(29)16-26(22,27)3/h4-8,11,13,15,21-24,29-30H,1,9-10,12,14,16H2,2-3H3/t21-,22-,23?,24+,25-,26-,27-/m0/s1. The highest BCUT2D eigenvalue weighted by atomic mass is 16.5. The number of fused-ring (bicyclic) bond motifs is 5. The lowest BCUT2D eigenvalue weighted by atomic mass is 9.46. The third-order valence-corrected chi connectivity index (χ3v) is 9.09. The van der Waals surface area contributed by atoms with Gasteiger partial charge in [0.25, 0.3) is 0 Å². The van der Waals surface area contributed by atoms with E-state index in [1.165, 1.54) is 0 Å². The third kappa shape index (κ3) is 2.84. The van der Waals surface area contributed by atoms with Crippen molar-refractivity contribution < 1.29 is 19.7 Å². The molecule has 7 atom stereocenters. The van der Waals surface area contributed by atoms with Crippen molar-refractivity contribution in [2.45, 2.75) is 57.7 Å². The van der Waals surface area contributed by atoms with Crippen LogP contribution in [0.5, 0.6) is 5.75 Å². The van der Waals surface area contributed by atoms with Crippen molar-refractivity contribution in [3.05, 3.63) is 66.5 Å². The van der Waals surface area contributed by atoms with Gasteiger partial charge in [-0.1, -0.05) is 50.3 Å². The summed E-state index contributed by atoms with van der Waals surface area (Å²) in [6.07, 6.45) is 8.67. The van der Waals surface area contributed by atoms with Gasteiger partial charge in [-0.05, 0) is 68.2 Å². The van der Waals surface area contributed by atoms with Crippen LogP contribution in [0.2, 0.25) is 0 Å². The summed E-state index contributed by atoms with van der Waals surface area (Å²) in [5, 5.41) is 23.4. The number of aliphatic hydroxyl groups excluding tert-OH is 1. The molecule has 0 aliphatic heterocycles. The smallest absolute Gasteiger partial charge is 0.178 e. The number of allylic oxidation sites excluding steroid dienone is 4. The fourth-order valence-corrected chi connectivity index (χ4v) is 7.50. The summed E-state index contributed by atoms with van der Waals surface area (Å²) in [5.74, 6) is 1.70. The minimum Gasteiger partial charge on any atom is -0.459 e. The Hall–Kier alpha value is -2.17. The number of hydrogen-bond acceptors (Lipinski definition) is 4. The molecule has 0 amide bonds. The number of ether oxygens (including phenoxy) is 1. The zero-order valence-electron chi connectivity index (χ0n) is 18.4. The molecule has 0 saturated heterocycles. The summed E-state index contributed by atoms with van der Waals surface area (Å²) in [7, 11) is 0. The molecule has 0 bridgehead atoms. The molecular formula is C27H32O4. The van der Waals surface area contributed by atoms with Crippen molar-refractivity contribution in [2.75, 3.05) is 0 Å². The van der Waals surface area contributed by atoms with E-state index in [1.54, 1.807) is 12.2 Å². The van der Waals surface area contributed by atoms with E-state index in [9.17, 15) is 15.0 Å². The van der Waals surface area contributed by atoms with Gasteiger partial charge in [0.05, 0.1) is 6.10 Å². The number of hydrogen-bond donors (Lipinski definition) is 2. The quantitative estimate of drug-likeness (QED) is 0.702. The average Bonchev–Trinajstić information content (AvgIpc) is 3.00. The van der Waals surface area contributed by atoms with Crippen LogP contribution in [-0.2, 0) is 4.79 Å². The Morgan fingerprint density at radius 1 is 1.19 bits per heavy atom. The number of carbonyl (C=O) groups is 1. The fraction of sp³-hybridized carbons (Fsp3) is 0.519. The van der Waals surface area contributed by atoms with Crippen LogP contribution in [-0.4, -0.2) is 27.7 Å². The number of rotatable bonds is 3. The zero-order chi connectivity index (χ0) is 22.0. The molecule has 0 radical (unpaired) electrons. The third-order valence-electron chi connectivity index (χ3n) is 9.09. The van der Waals surface area contributed by atoms with E-state index in [1.807, 2.05) is 36.4 Å². The molecule has 5 rings (SSSR count). The van der Waals surface area contributed by atoms with Gasteiger partial charge in [-0.15, -0.1) is 0 Å². The molecule has 2 N–H and O–H groups in total. The Bertz CT molecular complexity index is 978. The van der Waals surface area contributed by atoms with E-state index in [4.69, 9.17) is 4.74 Å². The number of ketones is 1. The molecular weight excluding hydrogens is 388 g/mol. The molecule has 4 aliphatic carbocycles. The normalized spacial score (nSPS) is 43.5. The van der Waals surface area contributed by atoms with Crippen LogP contribution in [0, 0.1) is 28.6 Å². The summed E-state index contributed by atoms with van der Waals surface area (Å²) < 4.78 is 6.02. The molecule has 3 saturated carbocycles. The van der Waals surface area contributed by atoms with Crippen molar-refractivity contribution in [1.29, 1.82) is 0 Å². The van der Waals surface area contributed by atoms with Crippen LogP contribution in [0.3, 0.4) is 0 Å². The first-order valence-corrected chi connectivity index (χ1v) is 11.5. The van der Waals surface area contributed by atoms with Crippen molar-refractivity contribution in [2.24, 2.45) is 28.6 Å². The number of para-hydroxylation sites is 1. The summed E-state index contributed by atoms with van der Waals surface area (Å²) in [5.41, 5.74) is -0.843. The Balaban J connectivity index is 1.47. The second-order valence-corrected chi connectivity index (χ2v) is 10.4. The molecule has 0 aromatic heterocycles. The Morgan fingerprint density at radius 3 is 2.68 bits per heavy atom. The lowest BCUT2D eigenvalue weighted by molar-refractivity contribution is -0.158. The van der Waals surface area contributed by atoms with E-state index < -0.39 is 17.1 Å². The van der Waals surface area contributed by atoms with Gasteiger partial charge >= 0.3 is 0 Å². The topological polar surface area (TPSA) is 66.8 Å². The summed E-state index contributed by atoms with van der Waals surface area (Å²) in [6.45, 7) is 8.42. The minimum atomic E-state index is -1.19. The van der Waals surface area contributed by atoms with Crippen LogP contribution < -0.4 is 4.74 Å². The molecule has 1 unspecified atom stereocenters. The highest BCUT2D eigenvalue weighted by Gasteiger charge is 2.67. The van der Waals surface area contributed by atoms with Crippen molar-refractivity contribution >= 4 is 5.78 Å². The second-order valence-electron chi connectivity index (χ2n) is 10.4. The van der Waals surface area contributed by atoms with E-state index >= 15 is 0 Å². The fourth-order valence-electron chi connectivity index (χ4n) is 7.50. The lowest BCUT2D eigenvalue weighted by Gasteiger charge is -2.59. The SMILES string of the molecule is C=C(Oc1ccccc1)[C@@]1(O)CC[C@H]2[C@@H]3CCC4=CC(=O)C=C[C@]4(C)[C@H]3C(O)C[C@@]21C. The highest BCUT2D eigenvalue weighted by molar-refractivity contribution is 6.01. The van der Waals surface area contributed by atoms with Crippen molar-refractivity contribution in [3.63, 3.8) is 0 Å². The molecule has 31 heavy (non-hydrogen) atoms. The molecule has 164 valence electrons. The number of aliphatic hydroxyl groups is 2. The second kappa shape index (κ2) is 6.91. The van der Waals surface area contributed by atoms with Crippen molar-refractivity contribution in [3.8, 4) is 5.75 Å². The van der Waals surface area contributed by atoms with Crippen LogP contribution in [0.15, 0.2) is 66.5 Å². The Labute approximate surface area is 184 Å². The van der Waals surface area contributed by atoms with E-state index in [-0.39, 0.29) is 29.0 Å². The van der Waals surface area contributed by atoms with Gasteiger partial charge in [0, 0.05) is 16.7 Å². The van der Waals surface area contributed by atoms with Gasteiger partial charge in [0.15, 0.2) is 5.78 Å². The van der Waals surface area contributed by atoms with Crippen LogP contribution in [0.25, 0.3) is 0 Å². The minimum absolute atomic E-state index is 0.0469. The first-order valence-electron chi connectivity index (χ1n) is 11.5. The molecule has 4 nitrogen and oxygen atoms in total. The maximum Gasteiger partial charge on any atom is 0.178 e. The zero-order valence-corrected chi connectivity index (χ0v) is 18.4. The first-order chi connectivity index (χ1) is 14.7. The van der Waals surface area contributed by atoms with E-state index in [2.05, 4.69) is 20.4 Å². The Kier molecular flexibility index (Phi) is 4.62. The monoisotopic (exact) mass is 420 g/mol. The van der Waals surface area contributed by atoms with Gasteiger partial charge < -0.3 is 14.9 Å². The van der Waals surface area contributed by atoms with Gasteiger partial charge in [-0.3, -0.25) is 4.79 Å². The predicted molar refractivity (Wildman–Crippen MR) is 119 cm³/mol. The molecule has 0 spiro atoms. The maximum atomic E-state index is 12.0. The molecule has 4 heteroatoms. The molecule has 3 fully saturated rings. The van der Waals surface area contributed by atoms with Gasteiger partial charge in [0.2, 0.25) is 0 Å². The summed E-state index contributed by atoms with van der Waals surface area (Å²) in [4.78, 5) is 12.0. The van der Waals surface area contributed by atoms with Gasteiger partial charge in [0.1, 0.15) is 17.1 Å². The lowest BCUT2D eigenvalue weighted by Crippen LogP contribution is -2.60. The Morgan fingerprint density at radius 2 is 1.94 bits per heavy atom. The highest BCUT2D eigenvalue weighted by Crippen LogP contribution is 2.68. The predicted octanol–water partition coefficient (Wildman–Crippen LogP) is 4.59. The van der Waals surface area contributed by atoms with Crippen LogP contribution in [0.1, 0.15) is 46.0 Å². The summed E-state index contributed by atoms with van der Waals surface area (Å²) in [6, 6.07) is 9.45. The van der Waals surface area contributed by atoms with Gasteiger partial charge in [-0.25, -0.2) is 0 Å². The molecule has 1 aromatic carbocycles. The van der Waals surface area contributed by atoms with Crippen molar-refractivity contribution in [1.82, 2.24) is 0 Å². The van der Waals surface area contributed by atoms with E-state index in [0.29, 0.717) is 24.4 Å². The molecule has 0 heterocycles. The van der Waals surface area contributed by atoms with Gasteiger partial charge in [-0.2, -0.15) is 0 Å². The summed E-state index contributed by atoms with van der Waals surface area (Å²) >= 11 is 0. The van der Waals surface area contributed by atoms with Crippen LogP contribution in [0.4, 0.5) is 0 Å². The molecule has 4 aliphatic rings. The van der Waals surface area contributed by atoms with Crippen LogP contribution >= 0.6 is 0 Å². The average molecular weight is 421 g/mol. The largest absolute Gasteiger partial charge is 0.459 e. The van der Waals surface area contributed by atoms with E-state index in [0.717, 1.165) is 24.8 Å². The molecule has 1 aromatic rings. The maximum absolute atomic E-state index is 12.0. The number of benzene rings is 1. The first kappa shape index (κ1) is 20.7. The number of carbonyl (C=O) groups excluding carboxylic acids is 1.